The van der Waals surface area contributed by atoms with Gasteiger partial charge in [0.05, 0.1) is 31.6 Å². The van der Waals surface area contributed by atoms with Crippen LogP contribution < -0.4 is 0 Å². The third kappa shape index (κ3) is 7.65. The van der Waals surface area contributed by atoms with E-state index in [1.165, 1.54) is 0 Å². The Morgan fingerprint density at radius 1 is 1.40 bits per heavy atom. The molecule has 1 rings (SSSR count). The Balaban J connectivity index is 2.40. The van der Waals surface area contributed by atoms with Crippen LogP contribution in [0, 0.1) is 0 Å². The van der Waals surface area contributed by atoms with Crippen molar-refractivity contribution in [2.24, 2.45) is 0 Å². The summed E-state index contributed by atoms with van der Waals surface area (Å²) in [6, 6.07) is 3.82. The lowest BCUT2D eigenvalue weighted by Crippen LogP contribution is -2.36. The summed E-state index contributed by atoms with van der Waals surface area (Å²) in [4.78, 5) is 2.16. The minimum absolute atomic E-state index is 0.136. The van der Waals surface area contributed by atoms with Crippen LogP contribution in [0.1, 0.15) is 26.0 Å². The van der Waals surface area contributed by atoms with E-state index in [0.717, 1.165) is 18.7 Å². The van der Waals surface area contributed by atoms with Crippen molar-refractivity contribution >= 4 is 0 Å². The van der Waals surface area contributed by atoms with Gasteiger partial charge in [-0.05, 0) is 32.4 Å². The quantitative estimate of drug-likeness (QED) is 0.629. The van der Waals surface area contributed by atoms with Crippen molar-refractivity contribution < 1.29 is 19.0 Å². The van der Waals surface area contributed by atoms with Crippen molar-refractivity contribution in [2.75, 3.05) is 33.4 Å². The predicted octanol–water partition coefficient (Wildman–Crippen LogP) is 1.90. The van der Waals surface area contributed by atoms with Gasteiger partial charge in [0.15, 0.2) is 0 Å². The summed E-state index contributed by atoms with van der Waals surface area (Å²) in [6.07, 6.45) is 2.24. The highest BCUT2D eigenvalue weighted by molar-refractivity contribution is 4.97. The summed E-state index contributed by atoms with van der Waals surface area (Å²) in [5, 5.41) is 10.0. The highest BCUT2D eigenvalue weighted by Gasteiger charge is 2.14. The van der Waals surface area contributed by atoms with Gasteiger partial charge < -0.3 is 19.0 Å². The van der Waals surface area contributed by atoms with Gasteiger partial charge in [0, 0.05) is 26.8 Å². The summed E-state index contributed by atoms with van der Waals surface area (Å²) < 4.78 is 15.9. The lowest BCUT2D eigenvalue weighted by molar-refractivity contribution is -0.0110. The molecule has 0 saturated heterocycles. The second kappa shape index (κ2) is 9.94. The van der Waals surface area contributed by atoms with Gasteiger partial charge in [-0.25, -0.2) is 0 Å². The van der Waals surface area contributed by atoms with E-state index in [1.54, 1.807) is 13.4 Å². The molecule has 5 heteroatoms. The Bertz CT molecular complexity index is 327. The monoisotopic (exact) mass is 285 g/mol. The van der Waals surface area contributed by atoms with Crippen LogP contribution in [0.3, 0.4) is 0 Å². The van der Waals surface area contributed by atoms with Crippen LogP contribution in [0.4, 0.5) is 0 Å². The van der Waals surface area contributed by atoms with Gasteiger partial charge in [-0.2, -0.15) is 0 Å². The Labute approximate surface area is 121 Å². The van der Waals surface area contributed by atoms with Crippen LogP contribution in [0.5, 0.6) is 0 Å². The van der Waals surface area contributed by atoms with Gasteiger partial charge in [-0.3, -0.25) is 4.90 Å². The van der Waals surface area contributed by atoms with Crippen LogP contribution in [-0.2, 0) is 16.0 Å². The first-order chi connectivity index (χ1) is 9.61. The first-order valence-corrected chi connectivity index (χ1v) is 7.15. The molecule has 1 N–H and O–H groups in total. The number of rotatable bonds is 11. The van der Waals surface area contributed by atoms with Crippen molar-refractivity contribution in [3.05, 3.63) is 24.2 Å². The molecule has 0 fully saturated rings. The van der Waals surface area contributed by atoms with Gasteiger partial charge in [0.1, 0.15) is 5.76 Å². The van der Waals surface area contributed by atoms with Gasteiger partial charge in [0.25, 0.3) is 0 Å². The summed E-state index contributed by atoms with van der Waals surface area (Å²) in [5.41, 5.74) is 0. The van der Waals surface area contributed by atoms with E-state index in [-0.39, 0.29) is 6.10 Å². The molecule has 5 nitrogen and oxygen atoms in total. The van der Waals surface area contributed by atoms with Crippen molar-refractivity contribution in [1.29, 1.82) is 0 Å². The molecule has 0 saturated carbocycles. The number of aliphatic hydroxyl groups is 1. The first-order valence-electron chi connectivity index (χ1n) is 7.15. The summed E-state index contributed by atoms with van der Waals surface area (Å²) >= 11 is 0. The fraction of sp³-hybridized carbons (Fsp3) is 0.733. The van der Waals surface area contributed by atoms with E-state index in [9.17, 15) is 5.11 Å². The molecule has 1 aromatic heterocycles. The zero-order valence-electron chi connectivity index (χ0n) is 12.7. The highest BCUT2D eigenvalue weighted by Crippen LogP contribution is 2.07. The smallest absolute Gasteiger partial charge is 0.117 e. The van der Waals surface area contributed by atoms with E-state index >= 15 is 0 Å². The number of furan rings is 1. The number of hydrogen-bond donors (Lipinski definition) is 1. The number of aliphatic hydroxyl groups excluding tert-OH is 1. The van der Waals surface area contributed by atoms with Crippen LogP contribution >= 0.6 is 0 Å². The molecule has 1 aromatic rings. The number of ether oxygens (including phenoxy) is 2. The minimum Gasteiger partial charge on any atom is -0.468 e. The van der Waals surface area contributed by atoms with Gasteiger partial charge >= 0.3 is 0 Å². The summed E-state index contributed by atoms with van der Waals surface area (Å²) in [5.74, 6) is 0.902. The summed E-state index contributed by atoms with van der Waals surface area (Å²) in [7, 11) is 1.70. The van der Waals surface area contributed by atoms with Crippen molar-refractivity contribution in [1.82, 2.24) is 4.90 Å². The molecule has 0 aliphatic heterocycles. The largest absolute Gasteiger partial charge is 0.468 e. The molecule has 20 heavy (non-hydrogen) atoms. The van der Waals surface area contributed by atoms with Crippen molar-refractivity contribution in [2.45, 2.75) is 39.0 Å². The molecule has 0 aliphatic rings. The van der Waals surface area contributed by atoms with E-state index in [4.69, 9.17) is 13.9 Å². The van der Waals surface area contributed by atoms with Gasteiger partial charge in [-0.15, -0.1) is 0 Å². The molecule has 0 spiro atoms. The zero-order chi connectivity index (χ0) is 14.8. The second-order valence-corrected chi connectivity index (χ2v) is 5.20. The Morgan fingerprint density at radius 2 is 2.20 bits per heavy atom. The van der Waals surface area contributed by atoms with Crippen LogP contribution in [0.15, 0.2) is 22.8 Å². The topological polar surface area (TPSA) is 55.1 Å². The third-order valence-electron chi connectivity index (χ3n) is 2.87. The molecule has 1 atom stereocenters. The van der Waals surface area contributed by atoms with Gasteiger partial charge in [-0.1, -0.05) is 0 Å². The first kappa shape index (κ1) is 17.2. The second-order valence-electron chi connectivity index (χ2n) is 5.20. The molecular weight excluding hydrogens is 258 g/mol. The lowest BCUT2D eigenvalue weighted by Gasteiger charge is -2.24. The Morgan fingerprint density at radius 3 is 2.80 bits per heavy atom. The molecule has 0 radical (unpaired) electrons. The molecule has 116 valence electrons. The third-order valence-corrected chi connectivity index (χ3v) is 2.87. The number of nitrogens with zero attached hydrogens (tertiary/aromatic N) is 1. The fourth-order valence-corrected chi connectivity index (χ4v) is 1.94. The fourth-order valence-electron chi connectivity index (χ4n) is 1.94. The van der Waals surface area contributed by atoms with Crippen LogP contribution in [0.2, 0.25) is 0 Å². The molecular formula is C15H27NO4. The van der Waals surface area contributed by atoms with Crippen LogP contribution in [-0.4, -0.2) is 55.6 Å². The molecule has 0 aliphatic carbocycles. The zero-order valence-corrected chi connectivity index (χ0v) is 12.7. The van der Waals surface area contributed by atoms with E-state index in [1.807, 2.05) is 26.0 Å². The van der Waals surface area contributed by atoms with Crippen molar-refractivity contribution in [3.63, 3.8) is 0 Å². The molecule has 0 unspecified atom stereocenters. The molecule has 0 bridgehead atoms. The number of methoxy groups -OCH3 is 1. The maximum Gasteiger partial charge on any atom is 0.117 e. The average molecular weight is 285 g/mol. The van der Waals surface area contributed by atoms with Crippen molar-refractivity contribution in [3.8, 4) is 0 Å². The minimum atomic E-state index is -0.491. The van der Waals surface area contributed by atoms with Crippen LogP contribution in [0.25, 0.3) is 0 Å². The predicted molar refractivity (Wildman–Crippen MR) is 77.6 cm³/mol. The standard InChI is InChI=1S/C15H27NO4/c1-13(2)20-12-14(17)10-16(7-5-8-18-3)11-15-6-4-9-19-15/h4,6,9,13-14,17H,5,7-8,10-12H2,1-3H3/t14-/m1/s1. The number of hydrogen-bond acceptors (Lipinski definition) is 5. The molecule has 1 heterocycles. The molecule has 0 aromatic carbocycles. The maximum atomic E-state index is 10.0. The summed E-state index contributed by atoms with van der Waals surface area (Å²) in [6.45, 7) is 7.11. The highest BCUT2D eigenvalue weighted by atomic mass is 16.5. The normalized spacial score (nSPS) is 13.3. The maximum absolute atomic E-state index is 10.0. The molecule has 0 amide bonds. The van der Waals surface area contributed by atoms with E-state index in [2.05, 4.69) is 4.90 Å². The van der Waals surface area contributed by atoms with E-state index < -0.39 is 6.10 Å². The Kier molecular flexibility index (Phi) is 8.53. The SMILES string of the molecule is COCCCN(Cc1ccco1)C[C@@H](O)COC(C)C. The van der Waals surface area contributed by atoms with E-state index in [0.29, 0.717) is 26.3 Å². The Hall–Kier alpha value is -0.880. The van der Waals surface area contributed by atoms with Gasteiger partial charge in [0.2, 0.25) is 0 Å². The lowest BCUT2D eigenvalue weighted by atomic mass is 10.3. The average Bonchev–Trinajstić information content (AvgIpc) is 2.89.